The molecule has 0 spiro atoms. The molecule has 0 fully saturated rings. The average molecular weight is 331 g/mol. The third kappa shape index (κ3) is 4.96. The Labute approximate surface area is 143 Å². The zero-order chi connectivity index (χ0) is 17.5. The number of ether oxygens (including phenoxy) is 2. The zero-order valence-electron chi connectivity index (χ0n) is 14.6. The van der Waals surface area contributed by atoms with E-state index < -0.39 is 0 Å². The van der Waals surface area contributed by atoms with Gasteiger partial charge in [0, 0.05) is 5.92 Å². The van der Waals surface area contributed by atoms with Crippen molar-refractivity contribution in [3.8, 4) is 11.5 Å². The molecule has 0 heterocycles. The van der Waals surface area contributed by atoms with Crippen LogP contribution in [0.2, 0.25) is 0 Å². The topological polar surface area (TPSA) is 44.5 Å². The first kappa shape index (κ1) is 18.3. The highest BCUT2D eigenvalue weighted by atomic mass is 19.1. The highest BCUT2D eigenvalue weighted by molar-refractivity contribution is 5.43. The second-order valence-corrected chi connectivity index (χ2v) is 6.07. The molecule has 0 amide bonds. The Morgan fingerprint density at radius 1 is 1.04 bits per heavy atom. The van der Waals surface area contributed by atoms with Crippen LogP contribution in [0, 0.1) is 5.82 Å². The summed E-state index contributed by atoms with van der Waals surface area (Å²) in [5.41, 5.74) is 8.09. The second kappa shape index (κ2) is 8.69. The van der Waals surface area contributed by atoms with E-state index in [2.05, 4.69) is 0 Å². The van der Waals surface area contributed by atoms with Crippen LogP contribution in [0.25, 0.3) is 0 Å². The van der Waals surface area contributed by atoms with Crippen LogP contribution in [0.15, 0.2) is 42.5 Å². The molecule has 1 atom stereocenters. The molecule has 2 rings (SSSR count). The molecule has 0 aliphatic rings. The summed E-state index contributed by atoms with van der Waals surface area (Å²) in [6, 6.07) is 12.5. The van der Waals surface area contributed by atoms with Crippen molar-refractivity contribution < 1.29 is 13.9 Å². The van der Waals surface area contributed by atoms with Crippen molar-refractivity contribution in [2.45, 2.75) is 39.2 Å². The molecule has 130 valence electrons. The molecule has 4 heteroatoms. The van der Waals surface area contributed by atoms with Gasteiger partial charge in [-0.05, 0) is 69.1 Å². The Kier molecular flexibility index (Phi) is 6.62. The van der Waals surface area contributed by atoms with Crippen molar-refractivity contribution in [3.05, 3.63) is 59.4 Å². The third-order valence-corrected chi connectivity index (χ3v) is 3.78. The molecule has 0 saturated heterocycles. The van der Waals surface area contributed by atoms with Gasteiger partial charge in [-0.25, -0.2) is 4.39 Å². The minimum atomic E-state index is -0.233. The summed E-state index contributed by atoms with van der Waals surface area (Å²) >= 11 is 0. The van der Waals surface area contributed by atoms with E-state index in [4.69, 9.17) is 15.2 Å². The van der Waals surface area contributed by atoms with E-state index in [0.29, 0.717) is 13.2 Å². The predicted molar refractivity (Wildman–Crippen MR) is 95.3 cm³/mol. The molecule has 0 aliphatic carbocycles. The predicted octanol–water partition coefficient (Wildman–Crippen LogP) is 4.30. The molecule has 3 nitrogen and oxygen atoms in total. The minimum absolute atomic E-state index is 0.0889. The summed E-state index contributed by atoms with van der Waals surface area (Å²) in [5.74, 6) is 1.40. The van der Waals surface area contributed by atoms with Crippen LogP contribution in [0.1, 0.15) is 37.8 Å². The molecule has 0 aliphatic heterocycles. The van der Waals surface area contributed by atoms with Crippen LogP contribution in [0.5, 0.6) is 11.5 Å². The van der Waals surface area contributed by atoms with Gasteiger partial charge in [0.1, 0.15) is 5.82 Å². The van der Waals surface area contributed by atoms with Gasteiger partial charge in [-0.1, -0.05) is 18.2 Å². The number of benzene rings is 2. The summed E-state index contributed by atoms with van der Waals surface area (Å²) in [4.78, 5) is 0. The summed E-state index contributed by atoms with van der Waals surface area (Å²) in [7, 11) is 0. The molecule has 1 unspecified atom stereocenters. The molecule has 0 bridgehead atoms. The van der Waals surface area contributed by atoms with E-state index in [-0.39, 0.29) is 17.8 Å². The van der Waals surface area contributed by atoms with Gasteiger partial charge in [-0.15, -0.1) is 0 Å². The lowest BCUT2D eigenvalue weighted by molar-refractivity contribution is 0.223. The van der Waals surface area contributed by atoms with E-state index in [1.165, 1.54) is 12.1 Å². The van der Waals surface area contributed by atoms with Crippen LogP contribution >= 0.6 is 0 Å². The summed E-state index contributed by atoms with van der Waals surface area (Å²) in [6.45, 7) is 7.01. The molecule has 2 N–H and O–H groups in total. The minimum Gasteiger partial charge on any atom is -0.490 e. The van der Waals surface area contributed by atoms with E-state index in [0.717, 1.165) is 29.0 Å². The Balaban J connectivity index is 2.20. The van der Waals surface area contributed by atoms with Gasteiger partial charge < -0.3 is 15.2 Å². The molecule has 0 aromatic heterocycles. The van der Waals surface area contributed by atoms with Gasteiger partial charge in [-0.3, -0.25) is 0 Å². The maximum absolute atomic E-state index is 13.1. The molecule has 2 aromatic carbocycles. The van der Waals surface area contributed by atoms with Crippen molar-refractivity contribution in [1.82, 2.24) is 0 Å². The largest absolute Gasteiger partial charge is 0.490 e. The van der Waals surface area contributed by atoms with Crippen LogP contribution in [0.4, 0.5) is 4.39 Å². The van der Waals surface area contributed by atoms with Crippen LogP contribution in [-0.4, -0.2) is 19.3 Å². The van der Waals surface area contributed by atoms with Crippen molar-refractivity contribution in [1.29, 1.82) is 0 Å². The molecule has 0 saturated carbocycles. The van der Waals surface area contributed by atoms with Crippen LogP contribution in [-0.2, 0) is 6.42 Å². The molecular formula is C20H26FNO2. The maximum Gasteiger partial charge on any atom is 0.161 e. The first-order chi connectivity index (χ1) is 11.5. The van der Waals surface area contributed by atoms with Crippen molar-refractivity contribution >= 4 is 0 Å². The first-order valence-electron chi connectivity index (χ1n) is 8.41. The lowest BCUT2D eigenvalue weighted by atomic mass is 9.92. The van der Waals surface area contributed by atoms with E-state index in [1.807, 2.05) is 39.0 Å². The fraction of sp³-hybridized carbons (Fsp3) is 0.400. The maximum atomic E-state index is 13.1. The first-order valence-corrected chi connectivity index (χ1v) is 8.41. The Hall–Kier alpha value is -2.07. The molecular weight excluding hydrogens is 305 g/mol. The Morgan fingerprint density at radius 3 is 2.33 bits per heavy atom. The number of rotatable bonds is 8. The molecule has 0 radical (unpaired) electrons. The van der Waals surface area contributed by atoms with E-state index in [9.17, 15) is 4.39 Å². The van der Waals surface area contributed by atoms with Crippen molar-refractivity contribution in [2.75, 3.05) is 13.2 Å². The molecule has 2 aromatic rings. The summed E-state index contributed by atoms with van der Waals surface area (Å²) < 4.78 is 24.6. The van der Waals surface area contributed by atoms with E-state index in [1.54, 1.807) is 12.1 Å². The number of halogens is 1. The van der Waals surface area contributed by atoms with Gasteiger partial charge in [0.15, 0.2) is 11.5 Å². The van der Waals surface area contributed by atoms with Gasteiger partial charge in [0.2, 0.25) is 0 Å². The molecule has 24 heavy (non-hydrogen) atoms. The van der Waals surface area contributed by atoms with Gasteiger partial charge in [0.25, 0.3) is 0 Å². The number of hydrogen-bond acceptors (Lipinski definition) is 3. The summed E-state index contributed by atoms with van der Waals surface area (Å²) in [5, 5.41) is 0. The summed E-state index contributed by atoms with van der Waals surface area (Å²) in [6.07, 6.45) is 0.857. The normalized spacial score (nSPS) is 12.2. The highest BCUT2D eigenvalue weighted by Gasteiger charge is 2.14. The standard InChI is InChI=1S/C20H26FNO2/c1-4-23-20-12-15(5-10-19(20)24-14(2)3)11-17(13-22)16-6-8-18(21)9-7-16/h5-10,12,14,17H,4,11,13,22H2,1-3H3. The van der Waals surface area contributed by atoms with Gasteiger partial charge >= 0.3 is 0 Å². The quantitative estimate of drug-likeness (QED) is 0.784. The lowest BCUT2D eigenvalue weighted by Crippen LogP contribution is -2.15. The number of nitrogens with two attached hydrogens (primary N) is 1. The second-order valence-electron chi connectivity index (χ2n) is 6.07. The van der Waals surface area contributed by atoms with Crippen molar-refractivity contribution in [3.63, 3.8) is 0 Å². The smallest absolute Gasteiger partial charge is 0.161 e. The Bertz CT molecular complexity index is 641. The van der Waals surface area contributed by atoms with Gasteiger partial charge in [0.05, 0.1) is 12.7 Å². The lowest BCUT2D eigenvalue weighted by Gasteiger charge is -2.18. The van der Waals surface area contributed by atoms with Crippen LogP contribution < -0.4 is 15.2 Å². The van der Waals surface area contributed by atoms with E-state index >= 15 is 0 Å². The Morgan fingerprint density at radius 2 is 1.75 bits per heavy atom. The van der Waals surface area contributed by atoms with Gasteiger partial charge in [-0.2, -0.15) is 0 Å². The van der Waals surface area contributed by atoms with Crippen molar-refractivity contribution in [2.24, 2.45) is 5.73 Å². The number of hydrogen-bond donors (Lipinski definition) is 1. The average Bonchev–Trinajstić information content (AvgIpc) is 2.55. The fourth-order valence-corrected chi connectivity index (χ4v) is 2.66. The highest BCUT2D eigenvalue weighted by Crippen LogP contribution is 2.31. The van der Waals surface area contributed by atoms with Crippen LogP contribution in [0.3, 0.4) is 0 Å². The SMILES string of the molecule is CCOc1cc(CC(CN)c2ccc(F)cc2)ccc1OC(C)C. The fourth-order valence-electron chi connectivity index (χ4n) is 2.66. The third-order valence-electron chi connectivity index (χ3n) is 3.78. The zero-order valence-corrected chi connectivity index (χ0v) is 14.6. The monoisotopic (exact) mass is 331 g/mol.